The van der Waals surface area contributed by atoms with Gasteiger partial charge in [0.15, 0.2) is 0 Å². The third-order valence-electron chi connectivity index (χ3n) is 2.53. The molecule has 1 aromatic carbocycles. The molecule has 0 amide bonds. The SMILES string of the molecule is CCOC(=O)c1cccc(Br)c1COc1ccn(S)n1. The first kappa shape index (κ1) is 14.9. The molecule has 2 aromatic rings. The number of ether oxygens (including phenoxy) is 2. The molecule has 0 N–H and O–H groups in total. The highest BCUT2D eigenvalue weighted by Gasteiger charge is 2.15. The van der Waals surface area contributed by atoms with Gasteiger partial charge in [0.25, 0.3) is 0 Å². The second kappa shape index (κ2) is 6.81. The van der Waals surface area contributed by atoms with Gasteiger partial charge in [-0.1, -0.05) is 22.0 Å². The summed E-state index contributed by atoms with van der Waals surface area (Å²) < 4.78 is 12.7. The highest BCUT2D eigenvalue weighted by Crippen LogP contribution is 2.23. The number of hydrogen-bond acceptors (Lipinski definition) is 5. The molecule has 106 valence electrons. The van der Waals surface area contributed by atoms with E-state index in [2.05, 4.69) is 33.8 Å². The molecular formula is C13H13BrN2O3S. The number of nitrogens with zero attached hydrogens (tertiary/aromatic N) is 2. The van der Waals surface area contributed by atoms with Crippen LogP contribution in [0.5, 0.6) is 5.88 Å². The van der Waals surface area contributed by atoms with Crippen LogP contribution < -0.4 is 4.74 Å². The number of rotatable bonds is 5. The van der Waals surface area contributed by atoms with Crippen molar-refractivity contribution in [1.29, 1.82) is 0 Å². The number of carbonyl (C=O) groups excluding carboxylic acids is 1. The molecule has 2 rings (SSSR count). The summed E-state index contributed by atoms with van der Waals surface area (Å²) in [5.41, 5.74) is 1.20. The number of aromatic nitrogens is 2. The predicted octanol–water partition coefficient (Wildman–Crippen LogP) is 3.09. The van der Waals surface area contributed by atoms with E-state index in [0.29, 0.717) is 18.1 Å². The van der Waals surface area contributed by atoms with Gasteiger partial charge >= 0.3 is 5.97 Å². The van der Waals surface area contributed by atoms with E-state index in [9.17, 15) is 4.79 Å². The van der Waals surface area contributed by atoms with Gasteiger partial charge in [0.05, 0.1) is 12.2 Å². The highest BCUT2D eigenvalue weighted by atomic mass is 79.9. The lowest BCUT2D eigenvalue weighted by molar-refractivity contribution is 0.0523. The predicted molar refractivity (Wildman–Crippen MR) is 81.0 cm³/mol. The Balaban J connectivity index is 2.19. The van der Waals surface area contributed by atoms with Crippen LogP contribution >= 0.6 is 28.7 Å². The molecule has 0 saturated heterocycles. The van der Waals surface area contributed by atoms with E-state index in [4.69, 9.17) is 9.47 Å². The Labute approximate surface area is 130 Å². The molecule has 0 saturated carbocycles. The molecule has 7 heteroatoms. The average molecular weight is 357 g/mol. The Kier molecular flexibility index (Phi) is 5.08. The summed E-state index contributed by atoms with van der Waals surface area (Å²) >= 11 is 7.45. The van der Waals surface area contributed by atoms with Crippen molar-refractivity contribution in [3.05, 3.63) is 46.1 Å². The van der Waals surface area contributed by atoms with E-state index >= 15 is 0 Å². The fourth-order valence-corrected chi connectivity index (χ4v) is 2.26. The maximum atomic E-state index is 11.9. The summed E-state index contributed by atoms with van der Waals surface area (Å²) in [4.78, 5) is 11.9. The quantitative estimate of drug-likeness (QED) is 0.660. The lowest BCUT2D eigenvalue weighted by Crippen LogP contribution is -2.10. The van der Waals surface area contributed by atoms with Crippen molar-refractivity contribution in [1.82, 2.24) is 9.19 Å². The second-order valence-electron chi connectivity index (χ2n) is 3.85. The van der Waals surface area contributed by atoms with Gasteiger partial charge in [-0.3, -0.25) is 0 Å². The van der Waals surface area contributed by atoms with Crippen LogP contribution in [0.1, 0.15) is 22.8 Å². The van der Waals surface area contributed by atoms with Crippen molar-refractivity contribution in [2.75, 3.05) is 6.61 Å². The summed E-state index contributed by atoms with van der Waals surface area (Å²) in [6, 6.07) is 7.02. The second-order valence-corrected chi connectivity index (χ2v) is 5.11. The Hall–Kier alpha value is -1.47. The summed E-state index contributed by atoms with van der Waals surface area (Å²) in [6.45, 7) is 2.31. The van der Waals surface area contributed by atoms with Gasteiger partial charge in [0.1, 0.15) is 6.61 Å². The Morgan fingerprint density at radius 3 is 2.90 bits per heavy atom. The molecule has 0 spiro atoms. The zero-order chi connectivity index (χ0) is 14.5. The van der Waals surface area contributed by atoms with Crippen molar-refractivity contribution in [2.45, 2.75) is 13.5 Å². The molecule has 20 heavy (non-hydrogen) atoms. The Bertz CT molecular complexity index is 615. The molecular weight excluding hydrogens is 344 g/mol. The van der Waals surface area contributed by atoms with Crippen LogP contribution in [0.25, 0.3) is 0 Å². The van der Waals surface area contributed by atoms with Gasteiger partial charge in [0, 0.05) is 22.3 Å². The zero-order valence-corrected chi connectivity index (χ0v) is 13.2. The molecule has 0 aliphatic rings. The van der Waals surface area contributed by atoms with E-state index in [-0.39, 0.29) is 12.6 Å². The van der Waals surface area contributed by atoms with Crippen molar-refractivity contribution in [2.24, 2.45) is 0 Å². The number of thiol groups is 1. The van der Waals surface area contributed by atoms with Crippen molar-refractivity contribution < 1.29 is 14.3 Å². The minimum atomic E-state index is -0.368. The first-order valence-corrected chi connectivity index (χ1v) is 7.13. The van der Waals surface area contributed by atoms with Crippen LogP contribution in [0.4, 0.5) is 0 Å². The molecule has 5 nitrogen and oxygen atoms in total. The number of esters is 1. The largest absolute Gasteiger partial charge is 0.472 e. The molecule has 0 fully saturated rings. The van der Waals surface area contributed by atoms with Crippen molar-refractivity contribution >= 4 is 34.7 Å². The number of carbonyl (C=O) groups is 1. The number of benzene rings is 1. The topological polar surface area (TPSA) is 53.4 Å². The van der Waals surface area contributed by atoms with Gasteiger partial charge < -0.3 is 9.47 Å². The van der Waals surface area contributed by atoms with Gasteiger partial charge in [-0.25, -0.2) is 8.88 Å². The van der Waals surface area contributed by atoms with Crippen LogP contribution in [-0.4, -0.2) is 21.8 Å². The first-order valence-electron chi connectivity index (χ1n) is 5.94. The lowest BCUT2D eigenvalue weighted by atomic mass is 10.1. The van der Waals surface area contributed by atoms with Gasteiger partial charge in [-0.2, -0.15) is 0 Å². The van der Waals surface area contributed by atoms with Crippen molar-refractivity contribution in [3.8, 4) is 5.88 Å². The molecule has 0 aliphatic carbocycles. The van der Waals surface area contributed by atoms with E-state index in [1.165, 1.54) is 4.09 Å². The third-order valence-corrected chi connectivity index (χ3v) is 3.50. The zero-order valence-electron chi connectivity index (χ0n) is 10.7. The molecule has 0 bridgehead atoms. The highest BCUT2D eigenvalue weighted by molar-refractivity contribution is 9.10. The maximum absolute atomic E-state index is 11.9. The minimum Gasteiger partial charge on any atom is -0.472 e. The summed E-state index contributed by atoms with van der Waals surface area (Å²) in [7, 11) is 0. The summed E-state index contributed by atoms with van der Waals surface area (Å²) in [6.07, 6.45) is 1.66. The van der Waals surface area contributed by atoms with Crippen LogP contribution in [0.2, 0.25) is 0 Å². The Morgan fingerprint density at radius 2 is 2.25 bits per heavy atom. The molecule has 0 atom stereocenters. The van der Waals surface area contributed by atoms with E-state index in [0.717, 1.165) is 10.0 Å². The molecule has 0 unspecified atom stereocenters. The van der Waals surface area contributed by atoms with Crippen LogP contribution in [0.15, 0.2) is 34.9 Å². The number of halogens is 1. The van der Waals surface area contributed by atoms with E-state index in [1.807, 2.05) is 6.07 Å². The monoisotopic (exact) mass is 356 g/mol. The van der Waals surface area contributed by atoms with Crippen LogP contribution in [0, 0.1) is 0 Å². The summed E-state index contributed by atoms with van der Waals surface area (Å²) in [5, 5.41) is 3.99. The fourth-order valence-electron chi connectivity index (χ4n) is 1.63. The van der Waals surface area contributed by atoms with Gasteiger partial charge in [-0.15, -0.1) is 5.10 Å². The lowest BCUT2D eigenvalue weighted by Gasteiger charge is -2.11. The van der Waals surface area contributed by atoms with E-state index < -0.39 is 0 Å². The molecule has 0 aliphatic heterocycles. The maximum Gasteiger partial charge on any atom is 0.338 e. The van der Waals surface area contributed by atoms with Gasteiger partial charge in [-0.05, 0) is 31.9 Å². The van der Waals surface area contributed by atoms with Gasteiger partial charge in [0.2, 0.25) is 5.88 Å². The van der Waals surface area contributed by atoms with E-state index in [1.54, 1.807) is 31.3 Å². The minimum absolute atomic E-state index is 0.209. The summed E-state index contributed by atoms with van der Waals surface area (Å²) in [5.74, 6) is 0.0673. The molecule has 1 aromatic heterocycles. The smallest absolute Gasteiger partial charge is 0.338 e. The standard InChI is InChI=1S/C13H13BrN2O3S/c1-2-18-13(17)9-4-3-5-11(14)10(9)8-19-12-6-7-16(20)15-12/h3-7,20H,2,8H2,1H3. The normalized spacial score (nSPS) is 10.3. The fraction of sp³-hybridized carbons (Fsp3) is 0.231. The Morgan fingerprint density at radius 1 is 1.45 bits per heavy atom. The third kappa shape index (κ3) is 3.55. The molecule has 1 heterocycles. The number of hydrogen-bond donors (Lipinski definition) is 1. The van der Waals surface area contributed by atoms with Crippen molar-refractivity contribution in [3.63, 3.8) is 0 Å². The molecule has 0 radical (unpaired) electrons. The average Bonchev–Trinajstić information content (AvgIpc) is 2.83. The van der Waals surface area contributed by atoms with Crippen LogP contribution in [0.3, 0.4) is 0 Å². The first-order chi connectivity index (χ1) is 9.61. The van der Waals surface area contributed by atoms with Crippen LogP contribution in [-0.2, 0) is 11.3 Å².